The standard InChI is InChI=1S/C17H15Cl2NO4/c1-10(12-4-7-14(18)15(19)8-12)20-16(22)9-24-17(23)11-2-5-13(21)6-3-11/h2-8,10,21H,9H2,1H3,(H,20,22)/t10-/m1/s1. The number of benzene rings is 2. The van der Waals surface area contributed by atoms with Crippen molar-refractivity contribution in [1.82, 2.24) is 5.32 Å². The van der Waals surface area contributed by atoms with Crippen LogP contribution in [-0.4, -0.2) is 23.6 Å². The second-order valence-corrected chi connectivity index (χ2v) is 5.90. The van der Waals surface area contributed by atoms with Gasteiger partial charge >= 0.3 is 5.97 Å². The number of amides is 1. The summed E-state index contributed by atoms with van der Waals surface area (Å²) in [4.78, 5) is 23.7. The molecule has 1 atom stereocenters. The number of carbonyl (C=O) groups excluding carboxylic acids is 2. The highest BCUT2D eigenvalue weighted by atomic mass is 35.5. The fourth-order valence-electron chi connectivity index (χ4n) is 1.96. The van der Waals surface area contributed by atoms with Crippen LogP contribution in [0.1, 0.15) is 28.9 Å². The molecule has 24 heavy (non-hydrogen) atoms. The Morgan fingerprint density at radius 3 is 2.42 bits per heavy atom. The van der Waals surface area contributed by atoms with Crippen LogP contribution in [0.15, 0.2) is 42.5 Å². The zero-order valence-electron chi connectivity index (χ0n) is 12.8. The Morgan fingerprint density at radius 2 is 1.79 bits per heavy atom. The zero-order chi connectivity index (χ0) is 17.7. The van der Waals surface area contributed by atoms with Crippen molar-refractivity contribution in [3.63, 3.8) is 0 Å². The average molecular weight is 368 g/mol. The van der Waals surface area contributed by atoms with Crippen LogP contribution >= 0.6 is 23.2 Å². The second-order valence-electron chi connectivity index (χ2n) is 5.09. The summed E-state index contributed by atoms with van der Waals surface area (Å²) in [5, 5.41) is 12.7. The van der Waals surface area contributed by atoms with E-state index in [9.17, 15) is 9.59 Å². The maximum absolute atomic E-state index is 11.9. The third-order valence-corrected chi connectivity index (χ3v) is 4.00. The summed E-state index contributed by atoms with van der Waals surface area (Å²) in [7, 11) is 0. The molecule has 0 saturated carbocycles. The molecule has 0 aliphatic carbocycles. The first kappa shape index (κ1) is 18.1. The van der Waals surface area contributed by atoms with Crippen LogP contribution in [0.5, 0.6) is 5.75 Å². The van der Waals surface area contributed by atoms with Gasteiger partial charge in [-0.3, -0.25) is 4.79 Å². The molecule has 2 aromatic carbocycles. The van der Waals surface area contributed by atoms with Crippen LogP contribution in [0.25, 0.3) is 0 Å². The number of phenols is 1. The van der Waals surface area contributed by atoms with E-state index in [-0.39, 0.29) is 17.4 Å². The lowest BCUT2D eigenvalue weighted by Gasteiger charge is -2.15. The van der Waals surface area contributed by atoms with Gasteiger partial charge < -0.3 is 15.2 Å². The molecular weight excluding hydrogens is 353 g/mol. The van der Waals surface area contributed by atoms with Gasteiger partial charge in [-0.15, -0.1) is 0 Å². The molecule has 0 saturated heterocycles. The monoisotopic (exact) mass is 367 g/mol. The van der Waals surface area contributed by atoms with E-state index >= 15 is 0 Å². The first-order valence-electron chi connectivity index (χ1n) is 7.07. The molecule has 2 N–H and O–H groups in total. The Morgan fingerprint density at radius 1 is 1.12 bits per heavy atom. The van der Waals surface area contributed by atoms with Crippen molar-refractivity contribution in [3.8, 4) is 5.75 Å². The minimum absolute atomic E-state index is 0.0414. The number of nitrogens with one attached hydrogen (secondary N) is 1. The maximum atomic E-state index is 11.9. The molecule has 0 aromatic heterocycles. The fraction of sp³-hybridized carbons (Fsp3) is 0.176. The van der Waals surface area contributed by atoms with Crippen molar-refractivity contribution in [2.75, 3.05) is 6.61 Å². The number of esters is 1. The molecule has 1 amide bonds. The van der Waals surface area contributed by atoms with E-state index < -0.39 is 18.5 Å². The first-order chi connectivity index (χ1) is 11.4. The van der Waals surface area contributed by atoms with E-state index in [0.717, 1.165) is 5.56 Å². The third-order valence-electron chi connectivity index (χ3n) is 3.26. The smallest absolute Gasteiger partial charge is 0.338 e. The van der Waals surface area contributed by atoms with E-state index in [1.165, 1.54) is 24.3 Å². The molecule has 7 heteroatoms. The molecular formula is C17H15Cl2NO4. The largest absolute Gasteiger partial charge is 0.508 e. The Balaban J connectivity index is 1.87. The summed E-state index contributed by atoms with van der Waals surface area (Å²) < 4.78 is 4.93. The Kier molecular flexibility index (Phi) is 6.06. The lowest BCUT2D eigenvalue weighted by Crippen LogP contribution is -2.31. The number of rotatable bonds is 5. The van der Waals surface area contributed by atoms with Gasteiger partial charge in [0.2, 0.25) is 0 Å². The normalized spacial score (nSPS) is 11.6. The van der Waals surface area contributed by atoms with Crippen molar-refractivity contribution in [1.29, 1.82) is 0 Å². The van der Waals surface area contributed by atoms with E-state index in [1.54, 1.807) is 25.1 Å². The van der Waals surface area contributed by atoms with Gasteiger partial charge in [-0.2, -0.15) is 0 Å². The lowest BCUT2D eigenvalue weighted by atomic mass is 10.1. The zero-order valence-corrected chi connectivity index (χ0v) is 14.3. The predicted octanol–water partition coefficient (Wildman–Crippen LogP) is 3.73. The fourth-order valence-corrected chi connectivity index (χ4v) is 2.27. The highest BCUT2D eigenvalue weighted by Gasteiger charge is 2.14. The minimum atomic E-state index is -0.646. The Hall–Kier alpha value is -2.24. The number of hydrogen-bond acceptors (Lipinski definition) is 4. The molecule has 0 aliphatic rings. The second kappa shape index (κ2) is 8.04. The molecule has 0 radical (unpaired) electrons. The van der Waals surface area contributed by atoms with Gasteiger partial charge in [0.25, 0.3) is 5.91 Å². The molecule has 2 aromatic rings. The third kappa shape index (κ3) is 4.88. The van der Waals surface area contributed by atoms with Crippen LogP contribution < -0.4 is 5.32 Å². The number of halogens is 2. The number of ether oxygens (including phenoxy) is 1. The average Bonchev–Trinajstić information content (AvgIpc) is 2.55. The summed E-state index contributed by atoms with van der Waals surface area (Å²) >= 11 is 11.8. The topological polar surface area (TPSA) is 75.6 Å². The van der Waals surface area contributed by atoms with Crippen LogP contribution in [0.4, 0.5) is 0 Å². The van der Waals surface area contributed by atoms with E-state index in [0.29, 0.717) is 10.0 Å². The number of aromatic hydroxyl groups is 1. The maximum Gasteiger partial charge on any atom is 0.338 e. The van der Waals surface area contributed by atoms with Crippen LogP contribution in [0, 0.1) is 0 Å². The highest BCUT2D eigenvalue weighted by molar-refractivity contribution is 6.42. The van der Waals surface area contributed by atoms with Gasteiger partial charge in [-0.25, -0.2) is 4.79 Å². The quantitative estimate of drug-likeness (QED) is 0.789. The van der Waals surface area contributed by atoms with E-state index in [4.69, 9.17) is 33.0 Å². The van der Waals surface area contributed by atoms with Gasteiger partial charge in [0.05, 0.1) is 21.7 Å². The molecule has 0 fully saturated rings. The Labute approximate surface area is 149 Å². The summed E-state index contributed by atoms with van der Waals surface area (Å²) in [6.45, 7) is 1.37. The van der Waals surface area contributed by atoms with Crippen molar-refractivity contribution in [2.24, 2.45) is 0 Å². The number of phenolic OH excluding ortho intramolecular Hbond substituents is 1. The summed E-state index contributed by atoms with van der Waals surface area (Å²) in [5.41, 5.74) is 1.03. The summed E-state index contributed by atoms with van der Waals surface area (Å²) in [6.07, 6.45) is 0. The van der Waals surface area contributed by atoms with Crippen molar-refractivity contribution in [3.05, 3.63) is 63.6 Å². The van der Waals surface area contributed by atoms with Crippen LogP contribution in [0.2, 0.25) is 10.0 Å². The van der Waals surface area contributed by atoms with Crippen LogP contribution in [0.3, 0.4) is 0 Å². The predicted molar refractivity (Wildman–Crippen MR) is 91.4 cm³/mol. The van der Waals surface area contributed by atoms with Gasteiger partial charge in [0, 0.05) is 0 Å². The highest BCUT2D eigenvalue weighted by Crippen LogP contribution is 2.25. The first-order valence-corrected chi connectivity index (χ1v) is 7.83. The minimum Gasteiger partial charge on any atom is -0.508 e. The molecule has 0 heterocycles. The molecule has 2 rings (SSSR count). The Bertz CT molecular complexity index is 747. The number of carbonyl (C=O) groups is 2. The van der Waals surface area contributed by atoms with E-state index in [1.807, 2.05) is 0 Å². The van der Waals surface area contributed by atoms with Gasteiger partial charge in [0.15, 0.2) is 6.61 Å². The molecule has 5 nitrogen and oxygen atoms in total. The van der Waals surface area contributed by atoms with Gasteiger partial charge in [-0.05, 0) is 48.9 Å². The van der Waals surface area contributed by atoms with Gasteiger partial charge in [0.1, 0.15) is 5.75 Å². The lowest BCUT2D eigenvalue weighted by molar-refractivity contribution is -0.124. The molecule has 0 unspecified atom stereocenters. The molecule has 0 spiro atoms. The summed E-state index contributed by atoms with van der Waals surface area (Å²) in [5.74, 6) is -1.05. The SMILES string of the molecule is C[C@@H](NC(=O)COC(=O)c1ccc(O)cc1)c1ccc(Cl)c(Cl)c1. The summed E-state index contributed by atoms with van der Waals surface area (Å²) in [6, 6.07) is 10.3. The van der Waals surface area contributed by atoms with Crippen molar-refractivity contribution >= 4 is 35.1 Å². The van der Waals surface area contributed by atoms with Crippen molar-refractivity contribution in [2.45, 2.75) is 13.0 Å². The number of hydrogen-bond donors (Lipinski definition) is 2. The van der Waals surface area contributed by atoms with E-state index in [2.05, 4.69) is 5.32 Å². The van der Waals surface area contributed by atoms with Crippen molar-refractivity contribution < 1.29 is 19.4 Å². The molecule has 0 bridgehead atoms. The molecule has 0 aliphatic heterocycles. The van der Waals surface area contributed by atoms with Crippen LogP contribution in [-0.2, 0) is 9.53 Å². The molecule has 126 valence electrons. The van der Waals surface area contributed by atoms with Gasteiger partial charge in [-0.1, -0.05) is 29.3 Å².